The fourth-order valence-corrected chi connectivity index (χ4v) is 3.42. The Morgan fingerprint density at radius 2 is 1.62 bits per heavy atom. The molecule has 0 heterocycles. The Balaban J connectivity index is 2.28. The number of rotatable bonds is 8. The minimum Gasteiger partial charge on any atom is -0.352 e. The van der Waals surface area contributed by atoms with Crippen molar-refractivity contribution in [1.29, 1.82) is 0 Å². The first-order valence-corrected chi connectivity index (χ1v) is 10.6. The number of carbonyl (C=O) groups is 2. The van der Waals surface area contributed by atoms with E-state index in [-0.39, 0.29) is 24.3 Å². The molecule has 0 saturated heterocycles. The van der Waals surface area contributed by atoms with Gasteiger partial charge < -0.3 is 10.2 Å². The Kier molecular flexibility index (Phi) is 8.54. The maximum Gasteiger partial charge on any atom is 0.242 e. The van der Waals surface area contributed by atoms with Crippen LogP contribution in [0.3, 0.4) is 0 Å². The summed E-state index contributed by atoms with van der Waals surface area (Å²) in [6.07, 6.45) is 0.852. The Morgan fingerprint density at radius 3 is 2.17 bits per heavy atom. The van der Waals surface area contributed by atoms with Gasteiger partial charge in [-0.3, -0.25) is 9.59 Å². The molecule has 0 saturated carbocycles. The molecule has 0 aliphatic rings. The highest BCUT2D eigenvalue weighted by Gasteiger charge is 2.27. The Hall–Kier alpha value is -2.04. The van der Waals surface area contributed by atoms with Gasteiger partial charge in [0.2, 0.25) is 11.8 Å². The van der Waals surface area contributed by atoms with E-state index in [1.165, 1.54) is 0 Å². The molecule has 4 nitrogen and oxygen atoms in total. The number of aryl methyl sites for hydroxylation is 1. The molecule has 156 valence electrons. The van der Waals surface area contributed by atoms with E-state index in [0.29, 0.717) is 22.2 Å². The van der Waals surface area contributed by atoms with Crippen molar-refractivity contribution in [2.75, 3.05) is 0 Å². The van der Waals surface area contributed by atoms with E-state index in [1.807, 2.05) is 45.0 Å². The molecule has 0 aliphatic heterocycles. The summed E-state index contributed by atoms with van der Waals surface area (Å²) in [5.41, 5.74) is 2.67. The van der Waals surface area contributed by atoms with Gasteiger partial charge in [-0.15, -0.1) is 0 Å². The highest BCUT2D eigenvalue weighted by molar-refractivity contribution is 6.36. The molecule has 0 fully saturated rings. The van der Waals surface area contributed by atoms with Crippen molar-refractivity contribution in [3.8, 4) is 0 Å². The lowest BCUT2D eigenvalue weighted by atomic mass is 10.1. The van der Waals surface area contributed by atoms with Gasteiger partial charge in [0.05, 0.1) is 6.42 Å². The fraction of sp³-hybridized carbons (Fsp3) is 0.391. The van der Waals surface area contributed by atoms with Gasteiger partial charge >= 0.3 is 0 Å². The zero-order valence-electron chi connectivity index (χ0n) is 17.3. The van der Waals surface area contributed by atoms with Crippen molar-refractivity contribution >= 4 is 35.0 Å². The van der Waals surface area contributed by atoms with Gasteiger partial charge in [-0.1, -0.05) is 66.0 Å². The summed E-state index contributed by atoms with van der Waals surface area (Å²) in [6, 6.07) is 12.5. The van der Waals surface area contributed by atoms with Gasteiger partial charge in [-0.2, -0.15) is 0 Å². The van der Waals surface area contributed by atoms with Crippen LogP contribution in [0.1, 0.15) is 43.9 Å². The van der Waals surface area contributed by atoms with E-state index in [4.69, 9.17) is 23.2 Å². The molecule has 2 atom stereocenters. The molecule has 0 bridgehead atoms. The van der Waals surface area contributed by atoms with Crippen molar-refractivity contribution in [3.63, 3.8) is 0 Å². The van der Waals surface area contributed by atoms with Crippen molar-refractivity contribution in [3.05, 3.63) is 69.2 Å². The van der Waals surface area contributed by atoms with Crippen molar-refractivity contribution in [2.45, 2.75) is 59.2 Å². The van der Waals surface area contributed by atoms with Crippen LogP contribution in [0.4, 0.5) is 0 Å². The largest absolute Gasteiger partial charge is 0.352 e. The highest BCUT2D eigenvalue weighted by Crippen LogP contribution is 2.26. The molecule has 0 radical (unpaired) electrons. The van der Waals surface area contributed by atoms with Crippen LogP contribution in [0.15, 0.2) is 42.5 Å². The van der Waals surface area contributed by atoms with E-state index in [2.05, 4.69) is 5.32 Å². The summed E-state index contributed by atoms with van der Waals surface area (Å²) in [4.78, 5) is 27.5. The molecule has 2 aromatic carbocycles. The van der Waals surface area contributed by atoms with Crippen LogP contribution in [0.2, 0.25) is 10.0 Å². The van der Waals surface area contributed by atoms with E-state index in [9.17, 15) is 9.59 Å². The third kappa shape index (κ3) is 6.48. The summed E-state index contributed by atoms with van der Waals surface area (Å²) < 4.78 is 0. The van der Waals surface area contributed by atoms with E-state index in [1.54, 1.807) is 30.0 Å². The van der Waals surface area contributed by atoms with Crippen LogP contribution >= 0.6 is 23.2 Å². The molecule has 0 unspecified atom stereocenters. The topological polar surface area (TPSA) is 49.4 Å². The second-order valence-electron chi connectivity index (χ2n) is 7.38. The number of amides is 2. The Bertz CT molecular complexity index is 832. The first kappa shape index (κ1) is 23.2. The quantitative estimate of drug-likeness (QED) is 0.622. The monoisotopic (exact) mass is 434 g/mol. The number of halogens is 2. The summed E-state index contributed by atoms with van der Waals surface area (Å²) >= 11 is 12.5. The normalized spacial score (nSPS) is 12.9. The van der Waals surface area contributed by atoms with E-state index < -0.39 is 6.04 Å². The fourth-order valence-electron chi connectivity index (χ4n) is 2.89. The molecule has 0 aliphatic carbocycles. The Morgan fingerprint density at radius 1 is 1.03 bits per heavy atom. The molecule has 0 spiro atoms. The minimum absolute atomic E-state index is 0.0331. The molecule has 0 aromatic heterocycles. The zero-order valence-corrected chi connectivity index (χ0v) is 18.8. The van der Waals surface area contributed by atoms with Gasteiger partial charge in [0.15, 0.2) is 0 Å². The lowest BCUT2D eigenvalue weighted by molar-refractivity contribution is -0.140. The predicted molar refractivity (Wildman–Crippen MR) is 119 cm³/mol. The highest BCUT2D eigenvalue weighted by atomic mass is 35.5. The molecular weight excluding hydrogens is 407 g/mol. The third-order valence-corrected chi connectivity index (χ3v) is 5.74. The standard InChI is InChI=1S/C23H28Cl2N2O2/c1-5-16(3)26-23(29)17(4)27(14-18-11-9-15(2)10-12-18)22(28)13-19-20(24)7-6-8-21(19)25/h6-12,16-17H,5,13-14H2,1-4H3,(H,26,29)/t16-,17-/m0/s1. The van der Waals surface area contributed by atoms with E-state index in [0.717, 1.165) is 17.5 Å². The first-order chi connectivity index (χ1) is 13.7. The van der Waals surface area contributed by atoms with Crippen molar-refractivity contribution in [1.82, 2.24) is 10.2 Å². The van der Waals surface area contributed by atoms with Crippen LogP contribution in [-0.2, 0) is 22.6 Å². The van der Waals surface area contributed by atoms with Crippen LogP contribution in [0.25, 0.3) is 0 Å². The molecule has 2 rings (SSSR count). The maximum atomic E-state index is 13.2. The van der Waals surface area contributed by atoms with Crippen LogP contribution in [0.5, 0.6) is 0 Å². The summed E-state index contributed by atoms with van der Waals surface area (Å²) in [5, 5.41) is 3.85. The van der Waals surface area contributed by atoms with Gasteiger partial charge in [-0.25, -0.2) is 0 Å². The number of nitrogens with one attached hydrogen (secondary N) is 1. The number of benzene rings is 2. The molecule has 2 aromatic rings. The maximum absolute atomic E-state index is 13.2. The van der Waals surface area contributed by atoms with Crippen molar-refractivity contribution in [2.24, 2.45) is 0 Å². The zero-order chi connectivity index (χ0) is 21.6. The number of hydrogen-bond donors (Lipinski definition) is 1. The van der Waals surface area contributed by atoms with Gasteiger partial charge in [-0.05, 0) is 50.5 Å². The molecule has 2 amide bonds. The molecule has 1 N–H and O–H groups in total. The van der Waals surface area contributed by atoms with Gasteiger partial charge in [0.25, 0.3) is 0 Å². The summed E-state index contributed by atoms with van der Waals surface area (Å²) in [5.74, 6) is -0.377. The average Bonchev–Trinajstić information content (AvgIpc) is 2.69. The second-order valence-corrected chi connectivity index (χ2v) is 8.19. The van der Waals surface area contributed by atoms with Gasteiger partial charge in [0.1, 0.15) is 6.04 Å². The van der Waals surface area contributed by atoms with Gasteiger partial charge in [0, 0.05) is 22.6 Å². The smallest absolute Gasteiger partial charge is 0.242 e. The second kappa shape index (κ2) is 10.7. The third-order valence-electron chi connectivity index (χ3n) is 5.03. The van der Waals surface area contributed by atoms with E-state index >= 15 is 0 Å². The Labute approximate surface area is 183 Å². The number of hydrogen-bond acceptors (Lipinski definition) is 2. The van der Waals surface area contributed by atoms with Crippen LogP contribution < -0.4 is 5.32 Å². The number of carbonyl (C=O) groups excluding carboxylic acids is 2. The SMILES string of the molecule is CC[C@H](C)NC(=O)[C@H](C)N(Cc1ccc(C)cc1)C(=O)Cc1c(Cl)cccc1Cl. The minimum atomic E-state index is -0.626. The van der Waals surface area contributed by atoms with Crippen molar-refractivity contribution < 1.29 is 9.59 Å². The van der Waals surface area contributed by atoms with Crippen LogP contribution in [-0.4, -0.2) is 28.8 Å². The number of nitrogens with zero attached hydrogens (tertiary/aromatic N) is 1. The first-order valence-electron chi connectivity index (χ1n) is 9.81. The molecule has 6 heteroatoms. The summed E-state index contributed by atoms with van der Waals surface area (Å²) in [6.45, 7) is 8.03. The molecular formula is C23H28Cl2N2O2. The van der Waals surface area contributed by atoms with Crippen LogP contribution in [0, 0.1) is 6.92 Å². The molecule has 29 heavy (non-hydrogen) atoms. The predicted octanol–water partition coefficient (Wildman–Crippen LogP) is 5.18. The lowest BCUT2D eigenvalue weighted by Crippen LogP contribution is -2.49. The summed E-state index contributed by atoms with van der Waals surface area (Å²) in [7, 11) is 0. The lowest BCUT2D eigenvalue weighted by Gasteiger charge is -2.30. The average molecular weight is 435 g/mol.